The van der Waals surface area contributed by atoms with E-state index in [0.29, 0.717) is 26.3 Å². The molecule has 0 radical (unpaired) electrons. The number of rotatable bonds is 5. The molecule has 0 aliphatic rings. The Morgan fingerprint density at radius 3 is 2.67 bits per heavy atom. The van der Waals surface area contributed by atoms with Gasteiger partial charge in [-0.2, -0.15) is 0 Å². The summed E-state index contributed by atoms with van der Waals surface area (Å²) in [5.74, 6) is 0.136. The van der Waals surface area contributed by atoms with Gasteiger partial charge in [0.1, 0.15) is 0 Å². The molecule has 0 aromatic heterocycles. The van der Waals surface area contributed by atoms with Gasteiger partial charge < -0.3 is 20.6 Å². The van der Waals surface area contributed by atoms with Crippen molar-refractivity contribution in [3.8, 4) is 0 Å². The molecule has 0 saturated heterocycles. The van der Waals surface area contributed by atoms with Crippen molar-refractivity contribution in [2.24, 2.45) is 10.9 Å². The summed E-state index contributed by atoms with van der Waals surface area (Å²) in [6, 6.07) is 0. The van der Waals surface area contributed by atoms with Gasteiger partial charge in [-0.1, -0.05) is 5.16 Å². The zero-order valence-electron chi connectivity index (χ0n) is 7.66. The number of hydrogen-bond donors (Lipinski definition) is 2. The van der Waals surface area contributed by atoms with E-state index in [1.165, 1.54) is 0 Å². The smallest absolute Gasteiger partial charge is 0.233 e. The van der Waals surface area contributed by atoms with Crippen molar-refractivity contribution in [1.82, 2.24) is 4.90 Å². The maximum atomic E-state index is 8.37. The highest BCUT2D eigenvalue weighted by Crippen LogP contribution is 1.87. The van der Waals surface area contributed by atoms with Crippen LogP contribution in [0.4, 0.5) is 0 Å². The van der Waals surface area contributed by atoms with E-state index in [2.05, 4.69) is 5.16 Å². The van der Waals surface area contributed by atoms with E-state index in [1.807, 2.05) is 13.8 Å². The standard InChI is InChI=1S/C7H17N3O2/c1-3-10(7(8)9-11)5-6-12-4-2/h11H,3-6H2,1-2H3,(H2,8,9). The van der Waals surface area contributed by atoms with E-state index in [-0.39, 0.29) is 5.96 Å². The van der Waals surface area contributed by atoms with Gasteiger partial charge in [-0.3, -0.25) is 0 Å². The Morgan fingerprint density at radius 2 is 2.25 bits per heavy atom. The zero-order chi connectivity index (χ0) is 9.40. The van der Waals surface area contributed by atoms with Gasteiger partial charge >= 0.3 is 0 Å². The molecule has 0 aromatic carbocycles. The first-order valence-electron chi connectivity index (χ1n) is 4.06. The van der Waals surface area contributed by atoms with E-state index >= 15 is 0 Å². The quantitative estimate of drug-likeness (QED) is 0.204. The Bertz CT molecular complexity index is 139. The minimum atomic E-state index is 0.136. The third kappa shape index (κ3) is 4.02. The van der Waals surface area contributed by atoms with Gasteiger partial charge in [0.05, 0.1) is 6.61 Å². The topological polar surface area (TPSA) is 71.1 Å². The van der Waals surface area contributed by atoms with Crippen LogP contribution in [0, 0.1) is 0 Å². The Morgan fingerprint density at radius 1 is 1.58 bits per heavy atom. The largest absolute Gasteiger partial charge is 0.408 e. The van der Waals surface area contributed by atoms with Gasteiger partial charge in [0.25, 0.3) is 0 Å². The summed E-state index contributed by atoms with van der Waals surface area (Å²) in [6.07, 6.45) is 0. The molecule has 0 aliphatic carbocycles. The molecule has 5 nitrogen and oxygen atoms in total. The number of oxime groups is 1. The van der Waals surface area contributed by atoms with Gasteiger partial charge in [-0.05, 0) is 13.8 Å². The zero-order valence-corrected chi connectivity index (χ0v) is 7.66. The lowest BCUT2D eigenvalue weighted by Gasteiger charge is -2.19. The van der Waals surface area contributed by atoms with Gasteiger partial charge in [0.2, 0.25) is 5.96 Å². The Balaban J connectivity index is 3.68. The molecule has 0 saturated carbocycles. The molecule has 12 heavy (non-hydrogen) atoms. The first-order valence-corrected chi connectivity index (χ1v) is 4.06. The molecule has 0 aromatic rings. The van der Waals surface area contributed by atoms with E-state index in [1.54, 1.807) is 4.90 Å². The molecule has 5 heteroatoms. The summed E-state index contributed by atoms with van der Waals surface area (Å²) in [6.45, 7) is 6.52. The molecular weight excluding hydrogens is 158 g/mol. The fourth-order valence-electron chi connectivity index (χ4n) is 0.817. The van der Waals surface area contributed by atoms with Crippen molar-refractivity contribution in [3.05, 3.63) is 0 Å². The third-order valence-corrected chi connectivity index (χ3v) is 1.52. The van der Waals surface area contributed by atoms with Crippen molar-refractivity contribution in [2.75, 3.05) is 26.3 Å². The van der Waals surface area contributed by atoms with Crippen molar-refractivity contribution in [2.45, 2.75) is 13.8 Å². The van der Waals surface area contributed by atoms with Crippen molar-refractivity contribution in [3.63, 3.8) is 0 Å². The lowest BCUT2D eigenvalue weighted by molar-refractivity contribution is 0.132. The summed E-state index contributed by atoms with van der Waals surface area (Å²) < 4.78 is 5.13. The molecular formula is C7H17N3O2. The summed E-state index contributed by atoms with van der Waals surface area (Å²) in [5.41, 5.74) is 5.38. The number of ether oxygens (including phenoxy) is 1. The molecule has 0 rings (SSSR count). The Labute approximate surface area is 72.8 Å². The van der Waals surface area contributed by atoms with Crippen LogP contribution in [0.1, 0.15) is 13.8 Å². The van der Waals surface area contributed by atoms with Crippen LogP contribution >= 0.6 is 0 Å². The predicted molar refractivity (Wildman–Crippen MR) is 47.1 cm³/mol. The SMILES string of the molecule is CCOCCN(CC)C(N)=NO. The number of nitrogens with zero attached hydrogens (tertiary/aromatic N) is 2. The normalized spacial score (nSPS) is 11.7. The molecule has 0 fully saturated rings. The predicted octanol–water partition coefficient (Wildman–Crippen LogP) is 0.0487. The maximum Gasteiger partial charge on any atom is 0.233 e. The number of likely N-dealkylation sites (N-methyl/N-ethyl adjacent to an activating group) is 1. The molecule has 0 atom stereocenters. The van der Waals surface area contributed by atoms with Crippen LogP contribution in [0.3, 0.4) is 0 Å². The second-order valence-electron chi connectivity index (χ2n) is 2.23. The molecule has 3 N–H and O–H groups in total. The summed E-state index contributed by atoms with van der Waals surface area (Å²) in [7, 11) is 0. The van der Waals surface area contributed by atoms with E-state index in [9.17, 15) is 0 Å². The first kappa shape index (κ1) is 11.0. The Hall–Kier alpha value is -0.970. The second-order valence-corrected chi connectivity index (χ2v) is 2.23. The molecule has 0 bridgehead atoms. The number of hydrogen-bond acceptors (Lipinski definition) is 3. The van der Waals surface area contributed by atoms with Gasteiger partial charge in [0, 0.05) is 19.7 Å². The average Bonchev–Trinajstić information content (AvgIpc) is 2.11. The summed E-state index contributed by atoms with van der Waals surface area (Å²) >= 11 is 0. The fraction of sp³-hybridized carbons (Fsp3) is 0.857. The third-order valence-electron chi connectivity index (χ3n) is 1.52. The van der Waals surface area contributed by atoms with Gasteiger partial charge in [-0.15, -0.1) is 0 Å². The van der Waals surface area contributed by atoms with Crippen LogP contribution in [0.25, 0.3) is 0 Å². The maximum absolute atomic E-state index is 8.37. The van der Waals surface area contributed by atoms with Crippen molar-refractivity contribution >= 4 is 5.96 Å². The van der Waals surface area contributed by atoms with Crippen molar-refractivity contribution < 1.29 is 9.94 Å². The molecule has 0 heterocycles. The molecule has 0 spiro atoms. The molecule has 0 aliphatic heterocycles. The fourth-order valence-corrected chi connectivity index (χ4v) is 0.817. The molecule has 72 valence electrons. The van der Waals surface area contributed by atoms with Crippen LogP contribution in [0.15, 0.2) is 5.16 Å². The second kappa shape index (κ2) is 6.72. The van der Waals surface area contributed by atoms with Crippen LogP contribution in [0.2, 0.25) is 0 Å². The minimum absolute atomic E-state index is 0.136. The first-order chi connectivity index (χ1) is 5.76. The highest BCUT2D eigenvalue weighted by Gasteiger charge is 2.04. The van der Waals surface area contributed by atoms with Crippen LogP contribution in [0.5, 0.6) is 0 Å². The Kier molecular flexibility index (Phi) is 6.18. The number of nitrogens with two attached hydrogens (primary N) is 1. The van der Waals surface area contributed by atoms with E-state index in [4.69, 9.17) is 15.7 Å². The highest BCUT2D eigenvalue weighted by atomic mass is 16.5. The monoisotopic (exact) mass is 175 g/mol. The van der Waals surface area contributed by atoms with E-state index in [0.717, 1.165) is 0 Å². The lowest BCUT2D eigenvalue weighted by atomic mass is 10.5. The summed E-state index contributed by atoms with van der Waals surface area (Å²) in [4.78, 5) is 1.73. The van der Waals surface area contributed by atoms with Gasteiger partial charge in [-0.25, -0.2) is 0 Å². The van der Waals surface area contributed by atoms with Crippen LogP contribution in [-0.2, 0) is 4.74 Å². The van der Waals surface area contributed by atoms with Crippen LogP contribution in [-0.4, -0.2) is 42.4 Å². The van der Waals surface area contributed by atoms with E-state index < -0.39 is 0 Å². The lowest BCUT2D eigenvalue weighted by Crippen LogP contribution is -2.39. The average molecular weight is 175 g/mol. The molecule has 0 amide bonds. The van der Waals surface area contributed by atoms with Gasteiger partial charge in [0.15, 0.2) is 0 Å². The number of guanidine groups is 1. The highest BCUT2D eigenvalue weighted by molar-refractivity contribution is 5.77. The van der Waals surface area contributed by atoms with Crippen molar-refractivity contribution in [1.29, 1.82) is 0 Å². The summed E-state index contributed by atoms with van der Waals surface area (Å²) in [5, 5.41) is 11.3. The minimum Gasteiger partial charge on any atom is -0.408 e. The molecule has 0 unspecified atom stereocenters. The van der Waals surface area contributed by atoms with Crippen LogP contribution < -0.4 is 5.73 Å².